The number of nitrogens with one attached hydrogen (secondary N) is 1. The van der Waals surface area contributed by atoms with E-state index in [1.165, 1.54) is 7.05 Å². The average molecular weight is 233 g/mol. The number of carboxylic acid groups (broad SMARTS) is 1. The van der Waals surface area contributed by atoms with E-state index < -0.39 is 5.97 Å². The number of hydrogen-bond donors (Lipinski definition) is 2. The Morgan fingerprint density at radius 2 is 2.06 bits per heavy atom. The van der Waals surface area contributed by atoms with Crippen LogP contribution < -0.4 is 5.32 Å². The molecule has 0 saturated carbocycles. The highest BCUT2D eigenvalue weighted by molar-refractivity contribution is 6.09. The first-order valence-corrected chi connectivity index (χ1v) is 5.03. The summed E-state index contributed by atoms with van der Waals surface area (Å²) in [4.78, 5) is 22.6. The van der Waals surface area contributed by atoms with E-state index in [0.29, 0.717) is 22.1 Å². The molecule has 0 spiro atoms. The lowest BCUT2D eigenvalue weighted by atomic mass is 10.1. The van der Waals surface area contributed by atoms with Crippen LogP contribution in [0, 0.1) is 6.92 Å². The number of aryl methyl sites for hydroxylation is 1. The Labute approximate surface area is 97.0 Å². The molecule has 5 heteroatoms. The van der Waals surface area contributed by atoms with Gasteiger partial charge in [0.1, 0.15) is 5.58 Å². The highest BCUT2D eigenvalue weighted by Crippen LogP contribution is 2.28. The quantitative estimate of drug-likeness (QED) is 0.828. The molecule has 1 aromatic carbocycles. The van der Waals surface area contributed by atoms with Crippen LogP contribution in [0.15, 0.2) is 22.6 Å². The van der Waals surface area contributed by atoms with Gasteiger partial charge in [0.05, 0.1) is 5.56 Å². The van der Waals surface area contributed by atoms with Crippen LogP contribution in [0.2, 0.25) is 0 Å². The van der Waals surface area contributed by atoms with E-state index in [1.54, 1.807) is 25.1 Å². The van der Waals surface area contributed by atoms with Crippen molar-refractivity contribution in [2.24, 2.45) is 0 Å². The van der Waals surface area contributed by atoms with E-state index in [1.807, 2.05) is 0 Å². The van der Waals surface area contributed by atoms with Crippen molar-refractivity contribution in [1.82, 2.24) is 5.32 Å². The maximum absolute atomic E-state index is 11.7. The Kier molecular flexibility index (Phi) is 2.59. The molecule has 0 atom stereocenters. The zero-order valence-electron chi connectivity index (χ0n) is 9.40. The van der Waals surface area contributed by atoms with Gasteiger partial charge in [0, 0.05) is 18.0 Å². The number of fused-ring (bicyclic) bond motifs is 1. The molecule has 17 heavy (non-hydrogen) atoms. The summed E-state index contributed by atoms with van der Waals surface area (Å²) < 4.78 is 5.22. The van der Waals surface area contributed by atoms with Crippen LogP contribution in [0.4, 0.5) is 0 Å². The van der Waals surface area contributed by atoms with Crippen LogP contribution in [0.1, 0.15) is 26.5 Å². The van der Waals surface area contributed by atoms with Crippen LogP contribution in [0.3, 0.4) is 0 Å². The average Bonchev–Trinajstić information content (AvgIpc) is 2.66. The standard InChI is InChI=1S/C12H11NO4/c1-6-9-7(11(14)13-2)4-3-5-8(9)17-10(6)12(15)16/h3-5H,1-2H3,(H,13,14)(H,15,16). The zero-order valence-corrected chi connectivity index (χ0v) is 9.40. The molecule has 0 aliphatic rings. The molecule has 2 rings (SSSR count). The Balaban J connectivity index is 2.80. The van der Waals surface area contributed by atoms with Crippen LogP contribution >= 0.6 is 0 Å². The molecule has 0 aliphatic heterocycles. The van der Waals surface area contributed by atoms with Gasteiger partial charge in [0.15, 0.2) is 0 Å². The molecule has 0 saturated heterocycles. The fourth-order valence-corrected chi connectivity index (χ4v) is 1.83. The highest BCUT2D eigenvalue weighted by Gasteiger charge is 2.20. The summed E-state index contributed by atoms with van der Waals surface area (Å²) >= 11 is 0. The van der Waals surface area contributed by atoms with E-state index in [4.69, 9.17) is 9.52 Å². The van der Waals surface area contributed by atoms with Gasteiger partial charge < -0.3 is 14.8 Å². The molecular weight excluding hydrogens is 222 g/mol. The van der Waals surface area contributed by atoms with E-state index >= 15 is 0 Å². The van der Waals surface area contributed by atoms with Crippen molar-refractivity contribution in [3.63, 3.8) is 0 Å². The number of carbonyl (C=O) groups is 2. The lowest BCUT2D eigenvalue weighted by Gasteiger charge is -2.01. The number of aromatic carboxylic acids is 1. The number of carbonyl (C=O) groups excluding carboxylic acids is 1. The van der Waals surface area contributed by atoms with E-state index in [0.717, 1.165) is 0 Å². The fourth-order valence-electron chi connectivity index (χ4n) is 1.83. The number of benzene rings is 1. The Hall–Kier alpha value is -2.30. The molecule has 88 valence electrons. The first-order valence-electron chi connectivity index (χ1n) is 5.03. The van der Waals surface area contributed by atoms with Crippen molar-refractivity contribution in [3.8, 4) is 0 Å². The topological polar surface area (TPSA) is 79.5 Å². The maximum Gasteiger partial charge on any atom is 0.372 e. The second kappa shape index (κ2) is 3.93. The molecular formula is C12H11NO4. The van der Waals surface area contributed by atoms with Gasteiger partial charge in [-0.15, -0.1) is 0 Å². The smallest absolute Gasteiger partial charge is 0.372 e. The predicted molar refractivity (Wildman–Crippen MR) is 61.3 cm³/mol. The molecule has 0 unspecified atom stereocenters. The summed E-state index contributed by atoms with van der Waals surface area (Å²) in [5.74, 6) is -1.53. The third-order valence-corrected chi connectivity index (χ3v) is 2.62. The molecule has 1 heterocycles. The van der Waals surface area contributed by atoms with Gasteiger partial charge in [-0.2, -0.15) is 0 Å². The molecule has 0 bridgehead atoms. The summed E-state index contributed by atoms with van der Waals surface area (Å²) in [7, 11) is 1.52. The third kappa shape index (κ3) is 1.65. The van der Waals surface area contributed by atoms with E-state index in [2.05, 4.69) is 5.32 Å². The number of rotatable bonds is 2. The van der Waals surface area contributed by atoms with Crippen molar-refractivity contribution < 1.29 is 19.1 Å². The minimum atomic E-state index is -1.14. The molecule has 0 fully saturated rings. The summed E-state index contributed by atoms with van der Waals surface area (Å²) in [5, 5.41) is 12.0. The fraction of sp³-hybridized carbons (Fsp3) is 0.167. The minimum absolute atomic E-state index is 0.128. The number of amides is 1. The van der Waals surface area contributed by atoms with E-state index in [-0.39, 0.29) is 11.7 Å². The Morgan fingerprint density at radius 1 is 1.35 bits per heavy atom. The molecule has 2 N–H and O–H groups in total. The summed E-state index contributed by atoms with van der Waals surface area (Å²) in [6, 6.07) is 4.93. The lowest BCUT2D eigenvalue weighted by molar-refractivity contribution is 0.0663. The second-order valence-corrected chi connectivity index (χ2v) is 3.62. The number of hydrogen-bond acceptors (Lipinski definition) is 3. The third-order valence-electron chi connectivity index (χ3n) is 2.62. The SMILES string of the molecule is CNC(=O)c1cccc2oc(C(=O)O)c(C)c12. The zero-order chi connectivity index (χ0) is 12.6. The van der Waals surface area contributed by atoms with Crippen molar-refractivity contribution in [2.45, 2.75) is 6.92 Å². The van der Waals surface area contributed by atoms with Gasteiger partial charge in [-0.25, -0.2) is 4.79 Å². The second-order valence-electron chi connectivity index (χ2n) is 3.62. The van der Waals surface area contributed by atoms with Crippen LogP contribution in [0.5, 0.6) is 0 Å². The van der Waals surface area contributed by atoms with Gasteiger partial charge in [-0.1, -0.05) is 6.07 Å². The minimum Gasteiger partial charge on any atom is -0.475 e. The molecule has 2 aromatic rings. The summed E-state index contributed by atoms with van der Waals surface area (Å²) in [5.41, 5.74) is 1.28. The Bertz CT molecular complexity index is 612. The van der Waals surface area contributed by atoms with Gasteiger partial charge in [-0.05, 0) is 19.1 Å². The van der Waals surface area contributed by atoms with Gasteiger partial charge in [0.25, 0.3) is 5.91 Å². The summed E-state index contributed by atoms with van der Waals surface area (Å²) in [6.45, 7) is 1.63. The molecule has 0 aliphatic carbocycles. The summed E-state index contributed by atoms with van der Waals surface area (Å²) in [6.07, 6.45) is 0. The van der Waals surface area contributed by atoms with Crippen molar-refractivity contribution >= 4 is 22.8 Å². The molecule has 1 amide bonds. The number of furan rings is 1. The monoisotopic (exact) mass is 233 g/mol. The van der Waals surface area contributed by atoms with Crippen molar-refractivity contribution in [3.05, 3.63) is 35.1 Å². The first-order chi connectivity index (χ1) is 8.06. The molecule has 1 aromatic heterocycles. The lowest BCUT2D eigenvalue weighted by Crippen LogP contribution is -2.18. The predicted octanol–water partition coefficient (Wildman–Crippen LogP) is 1.80. The van der Waals surface area contributed by atoms with Gasteiger partial charge in [0.2, 0.25) is 5.76 Å². The normalized spacial score (nSPS) is 10.5. The van der Waals surface area contributed by atoms with Gasteiger partial charge in [-0.3, -0.25) is 4.79 Å². The van der Waals surface area contributed by atoms with Crippen molar-refractivity contribution in [1.29, 1.82) is 0 Å². The first kappa shape index (κ1) is 11.2. The van der Waals surface area contributed by atoms with Crippen LogP contribution in [0.25, 0.3) is 11.0 Å². The maximum atomic E-state index is 11.7. The van der Waals surface area contributed by atoms with Crippen molar-refractivity contribution in [2.75, 3.05) is 7.05 Å². The largest absolute Gasteiger partial charge is 0.475 e. The van der Waals surface area contributed by atoms with Crippen LogP contribution in [-0.4, -0.2) is 24.0 Å². The molecule has 5 nitrogen and oxygen atoms in total. The Morgan fingerprint density at radius 3 is 2.65 bits per heavy atom. The van der Waals surface area contributed by atoms with Crippen LogP contribution in [-0.2, 0) is 0 Å². The number of carboxylic acids is 1. The van der Waals surface area contributed by atoms with E-state index in [9.17, 15) is 9.59 Å². The highest BCUT2D eigenvalue weighted by atomic mass is 16.4. The van der Waals surface area contributed by atoms with Gasteiger partial charge >= 0.3 is 5.97 Å². The molecule has 0 radical (unpaired) electrons.